The number of fused-ring (bicyclic) bond motifs is 1. The van der Waals surface area contributed by atoms with E-state index >= 15 is 0 Å². The van der Waals surface area contributed by atoms with Gasteiger partial charge in [-0.25, -0.2) is 0 Å². The van der Waals surface area contributed by atoms with Crippen molar-refractivity contribution in [3.05, 3.63) is 70.9 Å². The van der Waals surface area contributed by atoms with Crippen LogP contribution in [0.1, 0.15) is 5.56 Å². The van der Waals surface area contributed by atoms with Crippen LogP contribution in [0.15, 0.2) is 70.5 Å². The van der Waals surface area contributed by atoms with Crippen LogP contribution >= 0.6 is 23.1 Å². The van der Waals surface area contributed by atoms with E-state index in [-0.39, 0.29) is 18.5 Å². The number of aromatic nitrogens is 3. The van der Waals surface area contributed by atoms with Crippen LogP contribution in [0.3, 0.4) is 0 Å². The van der Waals surface area contributed by atoms with Crippen molar-refractivity contribution in [3.63, 3.8) is 0 Å². The molecule has 0 spiro atoms. The van der Waals surface area contributed by atoms with E-state index in [0.717, 1.165) is 16.8 Å². The quantitative estimate of drug-likeness (QED) is 0.376. The zero-order valence-electron chi connectivity index (χ0n) is 17.3. The van der Waals surface area contributed by atoms with Crippen molar-refractivity contribution in [2.75, 3.05) is 19.6 Å². The molecule has 0 aliphatic carbocycles. The summed E-state index contributed by atoms with van der Waals surface area (Å²) < 4.78 is 12.9. The second-order valence-corrected chi connectivity index (χ2v) is 8.94. The highest BCUT2D eigenvalue weighted by atomic mass is 32.2. The molecule has 0 saturated heterocycles. The topological polar surface area (TPSA) is 69.5 Å². The molecule has 9 heteroatoms. The van der Waals surface area contributed by atoms with Crippen LogP contribution in [-0.2, 0) is 11.3 Å². The fraction of sp³-hybridized carbons (Fsp3) is 0.174. The molecule has 3 heterocycles. The molecule has 0 bridgehead atoms. The Morgan fingerprint density at radius 1 is 1.12 bits per heavy atom. The summed E-state index contributed by atoms with van der Waals surface area (Å²) in [4.78, 5) is 14.4. The summed E-state index contributed by atoms with van der Waals surface area (Å²) >= 11 is 3.01. The number of thiophene rings is 1. The van der Waals surface area contributed by atoms with E-state index in [1.165, 1.54) is 11.8 Å². The van der Waals surface area contributed by atoms with Gasteiger partial charge in [0.25, 0.3) is 0 Å². The van der Waals surface area contributed by atoms with Crippen LogP contribution in [-0.4, -0.2) is 45.2 Å². The monoisotopic (exact) mass is 464 g/mol. The first-order chi connectivity index (χ1) is 15.7. The highest BCUT2D eigenvalue weighted by Gasteiger charge is 2.21. The molecule has 0 saturated carbocycles. The Hall–Kier alpha value is -3.30. The lowest BCUT2D eigenvalue weighted by Gasteiger charge is -2.16. The number of carbonyl (C=O) groups excluding carboxylic acids is 1. The van der Waals surface area contributed by atoms with Gasteiger partial charge in [0.2, 0.25) is 12.7 Å². The second kappa shape index (κ2) is 9.05. The van der Waals surface area contributed by atoms with E-state index in [4.69, 9.17) is 9.47 Å². The Labute approximate surface area is 193 Å². The average Bonchev–Trinajstić information content (AvgIpc) is 3.58. The first-order valence-electron chi connectivity index (χ1n) is 9.98. The molecule has 0 fully saturated rings. The molecule has 5 rings (SSSR count). The summed E-state index contributed by atoms with van der Waals surface area (Å²) in [6.45, 7) is 0.809. The van der Waals surface area contributed by atoms with Crippen molar-refractivity contribution in [1.29, 1.82) is 0 Å². The van der Waals surface area contributed by atoms with Crippen molar-refractivity contribution in [1.82, 2.24) is 19.7 Å². The first kappa shape index (κ1) is 20.6. The Morgan fingerprint density at radius 2 is 1.97 bits per heavy atom. The Bertz CT molecular complexity index is 1230. The van der Waals surface area contributed by atoms with Crippen molar-refractivity contribution in [3.8, 4) is 28.6 Å². The number of rotatable bonds is 7. The van der Waals surface area contributed by atoms with E-state index in [0.29, 0.717) is 29.0 Å². The van der Waals surface area contributed by atoms with Crippen molar-refractivity contribution < 1.29 is 14.3 Å². The maximum Gasteiger partial charge on any atom is 0.233 e. The molecule has 2 aromatic carbocycles. The predicted octanol–water partition coefficient (Wildman–Crippen LogP) is 4.48. The molecule has 0 atom stereocenters. The summed E-state index contributed by atoms with van der Waals surface area (Å²) in [7, 11) is 1.82. The van der Waals surface area contributed by atoms with Gasteiger partial charge in [0, 0.05) is 24.8 Å². The summed E-state index contributed by atoms with van der Waals surface area (Å²) in [5.41, 5.74) is 2.92. The number of para-hydroxylation sites is 1. The van der Waals surface area contributed by atoms with Gasteiger partial charge in [0.1, 0.15) is 0 Å². The highest BCUT2D eigenvalue weighted by molar-refractivity contribution is 7.99. The normalized spacial score (nSPS) is 12.2. The average molecular weight is 465 g/mol. The summed E-state index contributed by atoms with van der Waals surface area (Å²) in [6.07, 6.45) is 0. The van der Waals surface area contributed by atoms with Gasteiger partial charge in [-0.1, -0.05) is 30.0 Å². The van der Waals surface area contributed by atoms with Gasteiger partial charge in [0.15, 0.2) is 22.5 Å². The number of amides is 1. The number of hydrogen-bond acceptors (Lipinski definition) is 7. The van der Waals surface area contributed by atoms with Gasteiger partial charge < -0.3 is 14.4 Å². The maximum absolute atomic E-state index is 12.7. The molecule has 0 unspecified atom stereocenters. The van der Waals surface area contributed by atoms with Crippen LogP contribution in [0, 0.1) is 0 Å². The Balaban J connectivity index is 1.41. The fourth-order valence-electron chi connectivity index (χ4n) is 3.38. The highest BCUT2D eigenvalue weighted by Crippen LogP contribution is 2.37. The standard InChI is InChI=1S/C23H20N4O3S2/c1-26(12-16-9-10-31-13-16)21(28)14-32-23-25-24-22(27(23)18-5-3-2-4-6-18)17-7-8-19-20(11-17)30-15-29-19/h2-11,13H,12,14-15H2,1H3. The van der Waals surface area contributed by atoms with E-state index < -0.39 is 0 Å². The molecule has 4 aromatic rings. The third-order valence-electron chi connectivity index (χ3n) is 5.03. The molecular formula is C23H20N4O3S2. The lowest BCUT2D eigenvalue weighted by molar-refractivity contribution is -0.127. The predicted molar refractivity (Wildman–Crippen MR) is 124 cm³/mol. The zero-order valence-corrected chi connectivity index (χ0v) is 18.9. The van der Waals surface area contributed by atoms with Gasteiger partial charge in [-0.05, 0) is 52.7 Å². The smallest absolute Gasteiger partial charge is 0.233 e. The SMILES string of the molecule is CN(Cc1ccsc1)C(=O)CSc1nnc(-c2ccc3c(c2)OCO3)n1-c1ccccc1. The second-order valence-electron chi connectivity index (χ2n) is 7.22. The summed E-state index contributed by atoms with van der Waals surface area (Å²) in [5.74, 6) is 2.38. The fourth-order valence-corrected chi connectivity index (χ4v) is 4.93. The Kier molecular flexibility index (Phi) is 5.83. The number of thioether (sulfide) groups is 1. The minimum atomic E-state index is 0.0356. The maximum atomic E-state index is 12.7. The number of ether oxygens (including phenoxy) is 2. The molecule has 1 aliphatic heterocycles. The zero-order chi connectivity index (χ0) is 21.9. The largest absolute Gasteiger partial charge is 0.454 e. The van der Waals surface area contributed by atoms with E-state index in [1.807, 2.05) is 71.6 Å². The van der Waals surface area contributed by atoms with Crippen LogP contribution < -0.4 is 9.47 Å². The van der Waals surface area contributed by atoms with Gasteiger partial charge in [-0.2, -0.15) is 11.3 Å². The van der Waals surface area contributed by atoms with Crippen LogP contribution in [0.5, 0.6) is 11.5 Å². The first-order valence-corrected chi connectivity index (χ1v) is 11.9. The summed E-state index contributed by atoms with van der Waals surface area (Å²) in [6, 6.07) is 17.6. The van der Waals surface area contributed by atoms with Gasteiger partial charge in [0.05, 0.1) is 5.75 Å². The third-order valence-corrected chi connectivity index (χ3v) is 6.67. The number of benzene rings is 2. The molecule has 7 nitrogen and oxygen atoms in total. The van der Waals surface area contributed by atoms with Crippen molar-refractivity contribution in [2.45, 2.75) is 11.7 Å². The molecule has 32 heavy (non-hydrogen) atoms. The Morgan fingerprint density at radius 3 is 2.78 bits per heavy atom. The molecule has 1 amide bonds. The molecule has 1 aliphatic rings. The van der Waals surface area contributed by atoms with E-state index in [9.17, 15) is 4.79 Å². The molecule has 0 radical (unpaired) electrons. The van der Waals surface area contributed by atoms with Crippen LogP contribution in [0.4, 0.5) is 0 Å². The minimum Gasteiger partial charge on any atom is -0.454 e. The molecule has 2 aromatic heterocycles. The number of carbonyl (C=O) groups is 1. The van der Waals surface area contributed by atoms with Gasteiger partial charge in [-0.3, -0.25) is 9.36 Å². The number of nitrogens with zero attached hydrogens (tertiary/aromatic N) is 4. The number of hydrogen-bond donors (Lipinski definition) is 0. The van der Waals surface area contributed by atoms with E-state index in [2.05, 4.69) is 15.6 Å². The third kappa shape index (κ3) is 4.21. The lowest BCUT2D eigenvalue weighted by Crippen LogP contribution is -2.27. The van der Waals surface area contributed by atoms with Crippen LogP contribution in [0.25, 0.3) is 17.1 Å². The lowest BCUT2D eigenvalue weighted by atomic mass is 10.2. The summed E-state index contributed by atoms with van der Waals surface area (Å²) in [5, 5.41) is 13.6. The molecular weight excluding hydrogens is 444 g/mol. The van der Waals surface area contributed by atoms with Crippen molar-refractivity contribution >= 4 is 29.0 Å². The van der Waals surface area contributed by atoms with Crippen LogP contribution in [0.2, 0.25) is 0 Å². The minimum absolute atomic E-state index is 0.0356. The van der Waals surface area contributed by atoms with E-state index in [1.54, 1.807) is 16.2 Å². The molecule has 0 N–H and O–H groups in total. The molecule has 162 valence electrons. The van der Waals surface area contributed by atoms with Crippen molar-refractivity contribution in [2.24, 2.45) is 0 Å². The van der Waals surface area contributed by atoms with Gasteiger partial charge >= 0.3 is 0 Å². The van der Waals surface area contributed by atoms with Gasteiger partial charge in [-0.15, -0.1) is 10.2 Å².